The van der Waals surface area contributed by atoms with E-state index >= 15 is 0 Å². The molecule has 188 valence electrons. The van der Waals surface area contributed by atoms with Crippen molar-refractivity contribution in [3.8, 4) is 5.88 Å². The average Bonchev–Trinajstić information content (AvgIpc) is 3.34. The van der Waals surface area contributed by atoms with E-state index in [4.69, 9.17) is 27.9 Å². The molecule has 9 heteroatoms. The lowest BCUT2D eigenvalue weighted by atomic mass is 9.87. The van der Waals surface area contributed by atoms with Gasteiger partial charge in [0.2, 0.25) is 17.7 Å². The van der Waals surface area contributed by atoms with Gasteiger partial charge < -0.3 is 14.5 Å². The van der Waals surface area contributed by atoms with Crippen LogP contribution >= 0.6 is 23.2 Å². The number of likely N-dealkylation sites (tertiary alicyclic amines) is 1. The quantitative estimate of drug-likeness (QED) is 0.427. The number of piperidine rings is 1. The highest BCUT2D eigenvalue weighted by molar-refractivity contribution is 6.30. The Morgan fingerprint density at radius 1 is 0.944 bits per heavy atom. The molecule has 2 aromatic heterocycles. The van der Waals surface area contributed by atoms with Crippen molar-refractivity contribution in [3.63, 3.8) is 0 Å². The Bertz CT molecular complexity index is 1140. The molecule has 4 heterocycles. The maximum Gasteiger partial charge on any atom is 0.225 e. The second kappa shape index (κ2) is 11.4. The second-order valence-electron chi connectivity index (χ2n) is 9.42. The molecule has 0 spiro atoms. The van der Waals surface area contributed by atoms with Gasteiger partial charge in [-0.3, -0.25) is 4.79 Å². The Balaban J connectivity index is 1.22. The number of pyridine rings is 1. The highest BCUT2D eigenvalue weighted by Crippen LogP contribution is 2.37. The van der Waals surface area contributed by atoms with Crippen LogP contribution in [0.2, 0.25) is 10.0 Å². The Labute approximate surface area is 221 Å². The topological polar surface area (TPSA) is 71.5 Å². The number of hydrogen-bond acceptors (Lipinski definition) is 6. The van der Waals surface area contributed by atoms with Crippen molar-refractivity contribution in [1.82, 2.24) is 19.9 Å². The van der Waals surface area contributed by atoms with E-state index < -0.39 is 0 Å². The van der Waals surface area contributed by atoms with Crippen LogP contribution in [0.15, 0.2) is 61.1 Å². The number of carbonyl (C=O) groups is 1. The molecule has 2 aliphatic rings. The number of benzene rings is 1. The average molecular weight is 526 g/mol. The molecule has 0 unspecified atom stereocenters. The van der Waals surface area contributed by atoms with Crippen LogP contribution in [-0.4, -0.2) is 58.5 Å². The number of hydrogen-bond donors (Lipinski definition) is 0. The molecule has 7 nitrogen and oxygen atoms in total. The van der Waals surface area contributed by atoms with E-state index in [-0.39, 0.29) is 17.7 Å². The Hall–Kier alpha value is -2.90. The predicted molar refractivity (Wildman–Crippen MR) is 141 cm³/mol. The monoisotopic (exact) mass is 525 g/mol. The standard InChI is InChI=1S/C27H29Cl2N5O2/c28-22-4-2-19(3-5-22)24-18-34(17-21(24)10-15-36-25-7-6-23(29)16-32-25)26(35)20-8-13-33(14-9-20)27-30-11-1-12-31-27/h1-7,11-12,16,20-21,24H,8-10,13-15,17-18H2/t21-,24+/m0/s1. The molecule has 3 aromatic rings. The molecule has 36 heavy (non-hydrogen) atoms. The summed E-state index contributed by atoms with van der Waals surface area (Å²) >= 11 is 12.1. The smallest absolute Gasteiger partial charge is 0.225 e. The van der Waals surface area contributed by atoms with Gasteiger partial charge in [-0.25, -0.2) is 15.0 Å². The molecule has 0 radical (unpaired) electrons. The van der Waals surface area contributed by atoms with Gasteiger partial charge in [0.05, 0.1) is 11.6 Å². The van der Waals surface area contributed by atoms with Gasteiger partial charge in [0.25, 0.3) is 0 Å². The summed E-state index contributed by atoms with van der Waals surface area (Å²) < 4.78 is 5.88. The first-order valence-electron chi connectivity index (χ1n) is 12.4. The predicted octanol–water partition coefficient (Wildman–Crippen LogP) is 5.11. The maximum atomic E-state index is 13.5. The van der Waals surface area contributed by atoms with Gasteiger partial charge in [-0.1, -0.05) is 35.3 Å². The number of amides is 1. The van der Waals surface area contributed by atoms with Crippen LogP contribution in [-0.2, 0) is 4.79 Å². The minimum atomic E-state index is 0.0316. The summed E-state index contributed by atoms with van der Waals surface area (Å²) in [6, 6.07) is 13.4. The van der Waals surface area contributed by atoms with Crippen molar-refractivity contribution in [1.29, 1.82) is 0 Å². The molecule has 0 saturated carbocycles. The van der Waals surface area contributed by atoms with Crippen LogP contribution in [0.1, 0.15) is 30.7 Å². The Morgan fingerprint density at radius 3 is 2.36 bits per heavy atom. The van der Waals surface area contributed by atoms with Gasteiger partial charge in [-0.05, 0) is 55.0 Å². The van der Waals surface area contributed by atoms with Crippen LogP contribution < -0.4 is 9.64 Å². The summed E-state index contributed by atoms with van der Waals surface area (Å²) in [6.07, 6.45) is 7.55. The molecule has 1 amide bonds. The fourth-order valence-corrected chi connectivity index (χ4v) is 5.47. The summed E-state index contributed by atoms with van der Waals surface area (Å²) in [5, 5.41) is 1.30. The number of rotatable bonds is 7. The molecule has 1 aromatic carbocycles. The van der Waals surface area contributed by atoms with Gasteiger partial charge in [-0.15, -0.1) is 0 Å². The summed E-state index contributed by atoms with van der Waals surface area (Å²) in [5.41, 5.74) is 1.21. The Morgan fingerprint density at radius 2 is 1.67 bits per heavy atom. The fourth-order valence-electron chi connectivity index (χ4n) is 5.23. The van der Waals surface area contributed by atoms with E-state index in [1.807, 2.05) is 18.2 Å². The van der Waals surface area contributed by atoms with E-state index in [0.717, 1.165) is 44.8 Å². The van der Waals surface area contributed by atoms with Crippen LogP contribution in [0, 0.1) is 11.8 Å². The molecule has 0 bridgehead atoms. The summed E-state index contributed by atoms with van der Waals surface area (Å²) in [4.78, 5) is 30.7. The SMILES string of the molecule is O=C(C1CCN(c2ncccn2)CC1)N1C[C@H](CCOc2ccc(Cl)cn2)[C@@H](c2ccc(Cl)cc2)C1. The molecule has 0 N–H and O–H groups in total. The van der Waals surface area contributed by atoms with E-state index in [9.17, 15) is 4.79 Å². The van der Waals surface area contributed by atoms with Crippen molar-refractivity contribution >= 4 is 35.1 Å². The third kappa shape index (κ3) is 5.90. The highest BCUT2D eigenvalue weighted by Gasteiger charge is 2.39. The zero-order chi connectivity index (χ0) is 24.9. The van der Waals surface area contributed by atoms with Crippen molar-refractivity contribution in [2.75, 3.05) is 37.7 Å². The van der Waals surface area contributed by atoms with Gasteiger partial charge >= 0.3 is 0 Å². The summed E-state index contributed by atoms with van der Waals surface area (Å²) in [7, 11) is 0. The third-order valence-electron chi connectivity index (χ3n) is 7.17. The van der Waals surface area contributed by atoms with E-state index in [1.165, 1.54) is 5.56 Å². The summed E-state index contributed by atoms with van der Waals surface area (Å²) in [6.45, 7) is 3.55. The minimum Gasteiger partial charge on any atom is -0.478 e. The molecular weight excluding hydrogens is 497 g/mol. The van der Waals surface area contributed by atoms with E-state index in [1.54, 1.807) is 30.7 Å². The lowest BCUT2D eigenvalue weighted by Gasteiger charge is -2.33. The first kappa shape index (κ1) is 24.8. The van der Waals surface area contributed by atoms with Gasteiger partial charge in [-0.2, -0.15) is 0 Å². The van der Waals surface area contributed by atoms with Gasteiger partial charge in [0.15, 0.2) is 0 Å². The van der Waals surface area contributed by atoms with Crippen molar-refractivity contribution in [2.45, 2.75) is 25.2 Å². The van der Waals surface area contributed by atoms with E-state index in [2.05, 4.69) is 36.9 Å². The molecular formula is C27H29Cl2N5O2. The first-order chi connectivity index (χ1) is 17.6. The zero-order valence-electron chi connectivity index (χ0n) is 20.0. The molecule has 2 fully saturated rings. The second-order valence-corrected chi connectivity index (χ2v) is 10.3. The Kier molecular flexibility index (Phi) is 7.87. The number of nitrogens with zero attached hydrogens (tertiary/aromatic N) is 5. The number of anilines is 1. The molecule has 5 rings (SSSR count). The number of carbonyl (C=O) groups excluding carboxylic acids is 1. The molecule has 2 aliphatic heterocycles. The van der Waals surface area contributed by atoms with Gasteiger partial charge in [0.1, 0.15) is 0 Å². The van der Waals surface area contributed by atoms with Crippen LogP contribution in [0.4, 0.5) is 5.95 Å². The largest absolute Gasteiger partial charge is 0.478 e. The third-order valence-corrected chi connectivity index (χ3v) is 7.64. The molecule has 2 atom stereocenters. The summed E-state index contributed by atoms with van der Waals surface area (Å²) in [5.74, 6) is 2.12. The highest BCUT2D eigenvalue weighted by atomic mass is 35.5. The number of aromatic nitrogens is 3. The fraction of sp³-hybridized carbons (Fsp3) is 0.407. The van der Waals surface area contributed by atoms with Gasteiger partial charge in [0, 0.05) is 67.7 Å². The molecule has 0 aliphatic carbocycles. The molecule has 2 saturated heterocycles. The van der Waals surface area contributed by atoms with Crippen LogP contribution in [0.3, 0.4) is 0 Å². The van der Waals surface area contributed by atoms with E-state index in [0.29, 0.717) is 35.0 Å². The minimum absolute atomic E-state index is 0.0316. The van der Waals surface area contributed by atoms with Crippen molar-refractivity contribution < 1.29 is 9.53 Å². The van der Waals surface area contributed by atoms with Crippen molar-refractivity contribution in [2.24, 2.45) is 11.8 Å². The first-order valence-corrected chi connectivity index (χ1v) is 13.1. The lowest BCUT2D eigenvalue weighted by molar-refractivity contribution is -0.135. The zero-order valence-corrected chi connectivity index (χ0v) is 21.5. The number of halogens is 2. The number of ether oxygens (including phenoxy) is 1. The maximum absolute atomic E-state index is 13.5. The lowest BCUT2D eigenvalue weighted by Crippen LogP contribution is -2.42. The van der Waals surface area contributed by atoms with Crippen LogP contribution in [0.25, 0.3) is 0 Å². The van der Waals surface area contributed by atoms with Crippen molar-refractivity contribution in [3.05, 3.63) is 76.7 Å². The normalized spacial score (nSPS) is 20.5. The van der Waals surface area contributed by atoms with Crippen LogP contribution in [0.5, 0.6) is 5.88 Å².